The number of anilines is 2. The number of amides is 1. The first kappa shape index (κ1) is 9.73. The molecule has 1 aromatic rings. The molecule has 5 N–H and O–H groups in total. The maximum Gasteiger partial charge on any atom is 0.286 e. The molecule has 1 aromatic heterocycles. The molecule has 0 atom stereocenters. The molecule has 0 radical (unpaired) electrons. The van der Waals surface area contributed by atoms with E-state index in [9.17, 15) is 4.79 Å². The maximum absolute atomic E-state index is 11.2. The Hall–Kier alpha value is -2.36. The Bertz CT molecular complexity index is 421. The Morgan fingerprint density at radius 1 is 1.43 bits per heavy atom. The highest BCUT2D eigenvalue weighted by molar-refractivity contribution is 5.97. The van der Waals surface area contributed by atoms with Crippen molar-refractivity contribution in [3.8, 4) is 6.19 Å². The number of nitrogens with two attached hydrogens (primary N) is 2. The number of hydrogen-bond acceptors (Lipinski definition) is 6. The van der Waals surface area contributed by atoms with Gasteiger partial charge < -0.3 is 11.5 Å². The minimum absolute atomic E-state index is 0.0964. The van der Waals surface area contributed by atoms with E-state index < -0.39 is 5.91 Å². The molecule has 0 fully saturated rings. The van der Waals surface area contributed by atoms with E-state index in [1.54, 1.807) is 6.92 Å². The number of nitrogen functional groups attached to an aromatic ring is 2. The largest absolute Gasteiger partial charge is 0.382 e. The van der Waals surface area contributed by atoms with Crippen LogP contribution in [0.1, 0.15) is 16.2 Å². The predicted octanol–water partition coefficient (Wildman–Crippen LogP) is -0.840. The molecule has 0 aliphatic heterocycles. The highest BCUT2D eigenvalue weighted by atomic mass is 16.1. The van der Waals surface area contributed by atoms with Crippen molar-refractivity contribution in [3.63, 3.8) is 0 Å². The Balaban J connectivity index is 3.17. The van der Waals surface area contributed by atoms with Crippen molar-refractivity contribution >= 4 is 17.5 Å². The van der Waals surface area contributed by atoms with E-state index in [0.29, 0.717) is 5.69 Å². The highest BCUT2D eigenvalue weighted by Crippen LogP contribution is 2.11. The summed E-state index contributed by atoms with van der Waals surface area (Å²) in [5.74, 6) is -0.627. The van der Waals surface area contributed by atoms with Gasteiger partial charge in [-0.1, -0.05) is 0 Å². The summed E-state index contributed by atoms with van der Waals surface area (Å²) in [5.41, 5.74) is 11.1. The monoisotopic (exact) mass is 192 g/mol. The van der Waals surface area contributed by atoms with Crippen LogP contribution < -0.4 is 16.8 Å². The van der Waals surface area contributed by atoms with Gasteiger partial charge in [0.1, 0.15) is 5.82 Å². The molecule has 1 amide bonds. The fraction of sp³-hybridized carbons (Fsp3) is 0.143. The van der Waals surface area contributed by atoms with Gasteiger partial charge >= 0.3 is 0 Å². The molecule has 0 aromatic carbocycles. The van der Waals surface area contributed by atoms with E-state index in [4.69, 9.17) is 16.7 Å². The second kappa shape index (κ2) is 3.57. The average molecular weight is 192 g/mol. The number of hydrogen-bond donors (Lipinski definition) is 3. The maximum atomic E-state index is 11.2. The van der Waals surface area contributed by atoms with Crippen molar-refractivity contribution in [2.24, 2.45) is 0 Å². The standard InChI is InChI=1S/C7H8N6O/c1-3-5(9)13-6(10)4(12-3)7(14)11-2-8/h1H3,(H,11,14)(H4,9,10,13). The molecule has 72 valence electrons. The fourth-order valence-corrected chi connectivity index (χ4v) is 0.823. The molecule has 0 spiro atoms. The molecule has 0 aliphatic rings. The third kappa shape index (κ3) is 1.69. The number of carbonyl (C=O) groups is 1. The minimum atomic E-state index is -0.694. The fourth-order valence-electron chi connectivity index (χ4n) is 0.823. The molecule has 1 rings (SSSR count). The van der Waals surface area contributed by atoms with E-state index in [0.717, 1.165) is 0 Å². The zero-order valence-corrected chi connectivity index (χ0v) is 7.40. The van der Waals surface area contributed by atoms with Crippen molar-refractivity contribution in [2.45, 2.75) is 6.92 Å². The molecule has 0 unspecified atom stereocenters. The molecule has 0 aliphatic carbocycles. The lowest BCUT2D eigenvalue weighted by Crippen LogP contribution is -2.22. The third-order valence-electron chi connectivity index (χ3n) is 1.52. The number of rotatable bonds is 1. The van der Waals surface area contributed by atoms with Crippen LogP contribution in [-0.4, -0.2) is 15.9 Å². The van der Waals surface area contributed by atoms with Gasteiger partial charge in [0.15, 0.2) is 17.7 Å². The zero-order valence-electron chi connectivity index (χ0n) is 7.40. The summed E-state index contributed by atoms with van der Waals surface area (Å²) in [6.07, 6.45) is 1.47. The average Bonchev–Trinajstić information content (AvgIpc) is 2.11. The van der Waals surface area contributed by atoms with Crippen LogP contribution >= 0.6 is 0 Å². The van der Waals surface area contributed by atoms with Crippen molar-refractivity contribution in [3.05, 3.63) is 11.4 Å². The van der Waals surface area contributed by atoms with Gasteiger partial charge in [0.2, 0.25) is 0 Å². The first-order chi connectivity index (χ1) is 6.56. The van der Waals surface area contributed by atoms with Crippen molar-refractivity contribution < 1.29 is 4.79 Å². The van der Waals surface area contributed by atoms with Crippen molar-refractivity contribution in [1.29, 1.82) is 5.26 Å². The summed E-state index contributed by atoms with van der Waals surface area (Å²) in [6, 6.07) is 0. The molecular weight excluding hydrogens is 184 g/mol. The molecule has 0 saturated carbocycles. The van der Waals surface area contributed by atoms with Crippen LogP contribution in [0.2, 0.25) is 0 Å². The van der Waals surface area contributed by atoms with Crippen LogP contribution in [-0.2, 0) is 0 Å². The summed E-state index contributed by atoms with van der Waals surface area (Å²) in [7, 11) is 0. The van der Waals surface area contributed by atoms with Crippen LogP contribution in [0.4, 0.5) is 11.6 Å². The van der Waals surface area contributed by atoms with Gasteiger partial charge in [-0.2, -0.15) is 5.26 Å². The van der Waals surface area contributed by atoms with Gasteiger partial charge in [-0.25, -0.2) is 9.97 Å². The van der Waals surface area contributed by atoms with E-state index in [1.165, 1.54) is 6.19 Å². The van der Waals surface area contributed by atoms with Gasteiger partial charge in [0.05, 0.1) is 5.69 Å². The number of aromatic nitrogens is 2. The lowest BCUT2D eigenvalue weighted by molar-refractivity contribution is 0.0968. The van der Waals surface area contributed by atoms with Crippen LogP contribution in [0.5, 0.6) is 0 Å². The van der Waals surface area contributed by atoms with E-state index in [1.807, 2.05) is 5.32 Å². The predicted molar refractivity (Wildman–Crippen MR) is 48.7 cm³/mol. The first-order valence-corrected chi connectivity index (χ1v) is 3.65. The molecule has 0 bridgehead atoms. The van der Waals surface area contributed by atoms with Gasteiger partial charge in [-0.3, -0.25) is 10.1 Å². The number of aryl methyl sites for hydroxylation is 1. The topological polar surface area (TPSA) is 131 Å². The summed E-state index contributed by atoms with van der Waals surface area (Å²) >= 11 is 0. The molecule has 7 heteroatoms. The van der Waals surface area contributed by atoms with Crippen molar-refractivity contribution in [2.75, 3.05) is 11.5 Å². The normalized spacial score (nSPS) is 9.14. The molecular formula is C7H8N6O. The minimum Gasteiger partial charge on any atom is -0.382 e. The second-order valence-corrected chi connectivity index (χ2v) is 2.49. The van der Waals surface area contributed by atoms with Crippen LogP contribution in [0, 0.1) is 18.4 Å². The van der Waals surface area contributed by atoms with Crippen LogP contribution in [0.15, 0.2) is 0 Å². The number of nitrogens with one attached hydrogen (secondary N) is 1. The SMILES string of the molecule is Cc1nc(C(=O)NC#N)c(N)nc1N. The summed E-state index contributed by atoms with van der Waals surface area (Å²) in [6.45, 7) is 1.59. The van der Waals surface area contributed by atoms with Crippen LogP contribution in [0.3, 0.4) is 0 Å². The molecule has 1 heterocycles. The highest BCUT2D eigenvalue weighted by Gasteiger charge is 2.14. The van der Waals surface area contributed by atoms with Gasteiger partial charge in [-0.15, -0.1) is 0 Å². The lowest BCUT2D eigenvalue weighted by Gasteiger charge is -2.04. The zero-order chi connectivity index (χ0) is 10.7. The third-order valence-corrected chi connectivity index (χ3v) is 1.52. The smallest absolute Gasteiger partial charge is 0.286 e. The van der Waals surface area contributed by atoms with E-state index >= 15 is 0 Å². The Morgan fingerprint density at radius 3 is 2.64 bits per heavy atom. The molecule has 7 nitrogen and oxygen atoms in total. The lowest BCUT2D eigenvalue weighted by atomic mass is 10.3. The number of nitriles is 1. The van der Waals surface area contributed by atoms with Gasteiger partial charge in [-0.05, 0) is 6.92 Å². The van der Waals surface area contributed by atoms with Crippen LogP contribution in [0.25, 0.3) is 0 Å². The number of carbonyl (C=O) groups excluding carboxylic acids is 1. The van der Waals surface area contributed by atoms with Gasteiger partial charge in [0, 0.05) is 0 Å². The van der Waals surface area contributed by atoms with Gasteiger partial charge in [0.25, 0.3) is 5.91 Å². The Morgan fingerprint density at radius 2 is 2.07 bits per heavy atom. The Labute approximate surface area is 79.7 Å². The van der Waals surface area contributed by atoms with E-state index in [-0.39, 0.29) is 17.3 Å². The van der Waals surface area contributed by atoms with Crippen molar-refractivity contribution in [1.82, 2.24) is 15.3 Å². The quantitative estimate of drug-likeness (QED) is 0.392. The second-order valence-electron chi connectivity index (χ2n) is 2.49. The Kier molecular flexibility index (Phi) is 2.48. The summed E-state index contributed by atoms with van der Waals surface area (Å²) in [4.78, 5) is 18.7. The van der Waals surface area contributed by atoms with E-state index in [2.05, 4.69) is 9.97 Å². The first-order valence-electron chi connectivity index (χ1n) is 3.65. The summed E-state index contributed by atoms with van der Waals surface area (Å²) < 4.78 is 0. The molecule has 0 saturated heterocycles. The number of nitrogens with zero attached hydrogens (tertiary/aromatic N) is 3. The molecule has 14 heavy (non-hydrogen) atoms. The summed E-state index contributed by atoms with van der Waals surface area (Å²) in [5, 5.41) is 10.1.